The van der Waals surface area contributed by atoms with Crippen LogP contribution in [0.1, 0.15) is 5.56 Å². The molecule has 32 heavy (non-hydrogen) atoms. The van der Waals surface area contributed by atoms with E-state index in [1.807, 2.05) is 24.0 Å². The Kier molecular flexibility index (Phi) is 6.18. The maximum Gasteiger partial charge on any atom is 0.336 e. The number of rotatable bonds is 4. The number of nitrogens with zero attached hydrogens (tertiary/aromatic N) is 2. The molecule has 168 valence electrons. The Labute approximate surface area is 191 Å². The van der Waals surface area contributed by atoms with Crippen LogP contribution in [0.5, 0.6) is 5.75 Å². The number of benzene rings is 2. The molecule has 0 amide bonds. The van der Waals surface area contributed by atoms with Crippen molar-refractivity contribution >= 4 is 44.0 Å². The van der Waals surface area contributed by atoms with Crippen LogP contribution in [0.3, 0.4) is 0 Å². The van der Waals surface area contributed by atoms with Gasteiger partial charge in [0.05, 0.1) is 12.0 Å². The van der Waals surface area contributed by atoms with Gasteiger partial charge in [-0.3, -0.25) is 0 Å². The van der Waals surface area contributed by atoms with E-state index in [-0.39, 0.29) is 4.90 Å². The number of ether oxygens (including phenoxy) is 1. The van der Waals surface area contributed by atoms with Crippen LogP contribution in [0.15, 0.2) is 62.6 Å². The first-order chi connectivity index (χ1) is 15.3. The fraction of sp³-hybridized carbons (Fsp3) is 0.273. The zero-order valence-corrected chi connectivity index (χ0v) is 19.3. The molecule has 0 saturated carbocycles. The highest BCUT2D eigenvalue weighted by atomic mass is 32.2. The maximum absolute atomic E-state index is 12.9. The van der Waals surface area contributed by atoms with Gasteiger partial charge in [-0.25, -0.2) is 13.2 Å². The summed E-state index contributed by atoms with van der Waals surface area (Å²) in [6.07, 6.45) is 0. The number of sulfonamides is 1. The van der Waals surface area contributed by atoms with Crippen molar-refractivity contribution in [2.75, 3.05) is 38.6 Å². The van der Waals surface area contributed by atoms with Gasteiger partial charge in [0.25, 0.3) is 0 Å². The number of hydrogen-bond acceptors (Lipinski definition) is 6. The summed E-state index contributed by atoms with van der Waals surface area (Å²) in [5, 5.41) is 4.50. The molecule has 0 atom stereocenters. The number of methoxy groups -OCH3 is 1. The van der Waals surface area contributed by atoms with Gasteiger partial charge in [-0.15, -0.1) is 0 Å². The third kappa shape index (κ3) is 4.47. The van der Waals surface area contributed by atoms with Gasteiger partial charge < -0.3 is 19.4 Å². The molecule has 1 aliphatic heterocycles. The highest BCUT2D eigenvalue weighted by Gasteiger charge is 2.29. The molecule has 1 N–H and O–H groups in total. The van der Waals surface area contributed by atoms with Crippen LogP contribution < -0.4 is 15.7 Å². The van der Waals surface area contributed by atoms with E-state index in [1.165, 1.54) is 17.5 Å². The molecule has 1 aromatic heterocycles. The van der Waals surface area contributed by atoms with E-state index in [9.17, 15) is 13.2 Å². The predicted octanol–water partition coefficient (Wildman–Crippen LogP) is 2.81. The van der Waals surface area contributed by atoms with Crippen LogP contribution in [-0.2, 0) is 10.0 Å². The van der Waals surface area contributed by atoms with Gasteiger partial charge in [-0.1, -0.05) is 0 Å². The van der Waals surface area contributed by atoms with Crippen molar-refractivity contribution in [2.45, 2.75) is 11.8 Å². The van der Waals surface area contributed by atoms with E-state index >= 15 is 0 Å². The lowest BCUT2D eigenvalue weighted by Gasteiger charge is -2.35. The van der Waals surface area contributed by atoms with Crippen molar-refractivity contribution in [2.24, 2.45) is 0 Å². The second-order valence-corrected chi connectivity index (χ2v) is 9.78. The Bertz CT molecular complexity index is 1310. The molecule has 2 heterocycles. The highest BCUT2D eigenvalue weighted by Crippen LogP contribution is 2.23. The van der Waals surface area contributed by atoms with Crippen LogP contribution in [0.25, 0.3) is 11.0 Å². The molecule has 1 fully saturated rings. The summed E-state index contributed by atoms with van der Waals surface area (Å²) in [5.41, 5.74) is 1.63. The molecule has 0 radical (unpaired) electrons. The van der Waals surface area contributed by atoms with Gasteiger partial charge in [-0.2, -0.15) is 4.31 Å². The first-order valence-corrected chi connectivity index (χ1v) is 11.9. The normalized spacial score (nSPS) is 15.0. The van der Waals surface area contributed by atoms with Crippen molar-refractivity contribution in [1.29, 1.82) is 0 Å². The van der Waals surface area contributed by atoms with Crippen LogP contribution >= 0.6 is 12.2 Å². The maximum atomic E-state index is 12.9. The topological polar surface area (TPSA) is 92.1 Å². The van der Waals surface area contributed by atoms with Crippen LogP contribution in [0.2, 0.25) is 0 Å². The van der Waals surface area contributed by atoms with Crippen molar-refractivity contribution < 1.29 is 17.6 Å². The monoisotopic (exact) mass is 473 g/mol. The van der Waals surface area contributed by atoms with E-state index in [0.717, 1.165) is 10.9 Å². The largest absolute Gasteiger partial charge is 0.497 e. The number of thiocarbonyl (C=S) groups is 1. The number of hydrogen-bond donors (Lipinski definition) is 1. The molecule has 8 nitrogen and oxygen atoms in total. The lowest BCUT2D eigenvalue weighted by Crippen LogP contribution is -2.51. The molecule has 0 aliphatic carbocycles. The van der Waals surface area contributed by atoms with Gasteiger partial charge in [0.1, 0.15) is 11.3 Å². The molecule has 3 aromatic rings. The van der Waals surface area contributed by atoms with Crippen LogP contribution in [-0.4, -0.2) is 56.0 Å². The summed E-state index contributed by atoms with van der Waals surface area (Å²) in [5.74, 6) is 0.605. The zero-order chi connectivity index (χ0) is 22.9. The van der Waals surface area contributed by atoms with E-state index in [1.54, 1.807) is 30.3 Å². The summed E-state index contributed by atoms with van der Waals surface area (Å²) < 4.78 is 37.7. The lowest BCUT2D eigenvalue weighted by atomic mass is 10.1. The van der Waals surface area contributed by atoms with Gasteiger partial charge in [0.2, 0.25) is 10.0 Å². The molecule has 1 aliphatic rings. The van der Waals surface area contributed by atoms with Gasteiger partial charge in [0, 0.05) is 49.4 Å². The molecule has 1 saturated heterocycles. The van der Waals surface area contributed by atoms with Crippen molar-refractivity contribution in [3.05, 3.63) is 64.5 Å². The fourth-order valence-corrected chi connectivity index (χ4v) is 5.36. The summed E-state index contributed by atoms with van der Waals surface area (Å²) >= 11 is 5.52. The van der Waals surface area contributed by atoms with E-state index < -0.39 is 15.6 Å². The fourth-order valence-electron chi connectivity index (χ4n) is 3.63. The van der Waals surface area contributed by atoms with E-state index in [4.69, 9.17) is 21.4 Å². The molecule has 4 rings (SSSR count). The number of fused-ring (bicyclic) bond motifs is 1. The van der Waals surface area contributed by atoms with E-state index in [0.29, 0.717) is 48.3 Å². The number of aryl methyl sites for hydroxylation is 1. The number of piperazine rings is 1. The Balaban J connectivity index is 1.41. The summed E-state index contributed by atoms with van der Waals surface area (Å²) in [7, 11) is -2.05. The molecule has 0 bridgehead atoms. The molecular weight excluding hydrogens is 450 g/mol. The Hall–Kier alpha value is -2.95. The molecule has 0 unspecified atom stereocenters. The second kappa shape index (κ2) is 8.89. The van der Waals surface area contributed by atoms with E-state index in [2.05, 4.69) is 5.32 Å². The highest BCUT2D eigenvalue weighted by molar-refractivity contribution is 7.89. The Morgan fingerprint density at radius 3 is 2.41 bits per heavy atom. The number of anilines is 1. The minimum absolute atomic E-state index is 0.236. The second-order valence-electron chi connectivity index (χ2n) is 7.46. The minimum Gasteiger partial charge on any atom is -0.497 e. The van der Waals surface area contributed by atoms with Crippen molar-refractivity contribution in [3.63, 3.8) is 0 Å². The van der Waals surface area contributed by atoms with Crippen LogP contribution in [0, 0.1) is 6.92 Å². The molecular formula is C22H23N3O5S2. The zero-order valence-electron chi connectivity index (χ0n) is 17.7. The number of nitrogens with one attached hydrogen (secondary N) is 1. The van der Waals surface area contributed by atoms with Crippen molar-refractivity contribution in [3.8, 4) is 5.75 Å². The molecule has 2 aromatic carbocycles. The van der Waals surface area contributed by atoms with Crippen LogP contribution in [0.4, 0.5) is 5.69 Å². The van der Waals surface area contributed by atoms with Gasteiger partial charge in [-0.05, 0) is 61.1 Å². The lowest BCUT2D eigenvalue weighted by molar-refractivity contribution is 0.268. The average Bonchev–Trinajstić information content (AvgIpc) is 2.78. The quantitative estimate of drug-likeness (QED) is 0.457. The molecule has 10 heteroatoms. The summed E-state index contributed by atoms with van der Waals surface area (Å²) in [6, 6.07) is 13.3. The first-order valence-electron chi connectivity index (χ1n) is 10.0. The molecule has 0 spiro atoms. The Morgan fingerprint density at radius 2 is 1.75 bits per heavy atom. The minimum atomic E-state index is -3.58. The third-order valence-electron chi connectivity index (χ3n) is 5.43. The predicted molar refractivity (Wildman–Crippen MR) is 127 cm³/mol. The van der Waals surface area contributed by atoms with Crippen molar-refractivity contribution in [1.82, 2.24) is 9.21 Å². The Morgan fingerprint density at radius 1 is 1.06 bits per heavy atom. The smallest absolute Gasteiger partial charge is 0.336 e. The average molecular weight is 474 g/mol. The summed E-state index contributed by atoms with van der Waals surface area (Å²) in [4.78, 5) is 13.8. The SMILES string of the molecule is COc1ccc(S(=O)(=O)N2CCN(C(=S)Nc3ccc4c(C)cc(=O)oc4c3)CC2)cc1. The first kappa shape index (κ1) is 22.3. The third-order valence-corrected chi connectivity index (χ3v) is 7.70. The van der Waals surface area contributed by atoms with Gasteiger partial charge in [0.15, 0.2) is 5.11 Å². The summed E-state index contributed by atoms with van der Waals surface area (Å²) in [6.45, 7) is 3.42. The van der Waals surface area contributed by atoms with Gasteiger partial charge >= 0.3 is 5.63 Å². The standard InChI is InChI=1S/C22H23N3O5S2/c1-15-13-21(26)30-20-14-16(3-8-19(15)20)23-22(31)24-9-11-25(12-10-24)32(27,28)18-6-4-17(29-2)5-7-18/h3-8,13-14H,9-12H2,1-2H3,(H,23,31).